The van der Waals surface area contributed by atoms with Crippen molar-refractivity contribution in [2.45, 2.75) is 0 Å². The zero-order valence-electron chi connectivity index (χ0n) is 9.51. The Balaban J connectivity index is 2.30. The predicted molar refractivity (Wildman–Crippen MR) is 68.1 cm³/mol. The van der Waals surface area contributed by atoms with Gasteiger partial charge in [0.05, 0.1) is 34.5 Å². The number of rotatable bonds is 1. The number of hydrogen-bond acceptors (Lipinski definition) is 3. The molecule has 0 spiro atoms. The molecule has 3 aromatic rings. The molecule has 0 bridgehead atoms. The second-order valence-corrected chi connectivity index (χ2v) is 4.26. The van der Waals surface area contributed by atoms with Crippen LogP contribution in [-0.2, 0) is 7.05 Å². The van der Waals surface area contributed by atoms with Gasteiger partial charge in [-0.2, -0.15) is 5.26 Å². The summed E-state index contributed by atoms with van der Waals surface area (Å²) in [5.74, 6) is 0.721. The molecule has 18 heavy (non-hydrogen) atoms. The van der Waals surface area contributed by atoms with Crippen LogP contribution in [-0.4, -0.2) is 9.55 Å². The van der Waals surface area contributed by atoms with Crippen molar-refractivity contribution in [1.82, 2.24) is 9.55 Å². The van der Waals surface area contributed by atoms with Gasteiger partial charge in [-0.25, -0.2) is 4.98 Å². The van der Waals surface area contributed by atoms with Crippen molar-refractivity contribution in [2.24, 2.45) is 7.05 Å². The van der Waals surface area contributed by atoms with E-state index in [4.69, 9.17) is 21.3 Å². The average Bonchev–Trinajstić information content (AvgIpc) is 2.93. The fourth-order valence-corrected chi connectivity index (χ4v) is 2.15. The molecule has 0 saturated heterocycles. The molecule has 0 radical (unpaired) electrons. The molecule has 2 aromatic heterocycles. The van der Waals surface area contributed by atoms with Gasteiger partial charge in [-0.3, -0.25) is 0 Å². The van der Waals surface area contributed by atoms with Crippen LogP contribution in [0.1, 0.15) is 5.56 Å². The van der Waals surface area contributed by atoms with E-state index < -0.39 is 0 Å². The molecule has 5 heteroatoms. The Kier molecular flexibility index (Phi) is 2.35. The SMILES string of the molecule is Cn1c(-c2ccoc2Cl)nc2ccc(C#N)cc21. The van der Waals surface area contributed by atoms with Gasteiger partial charge in [0.25, 0.3) is 0 Å². The molecule has 1 aromatic carbocycles. The summed E-state index contributed by atoms with van der Waals surface area (Å²) in [6.45, 7) is 0. The number of imidazole rings is 1. The van der Waals surface area contributed by atoms with Gasteiger partial charge in [-0.1, -0.05) is 0 Å². The van der Waals surface area contributed by atoms with Gasteiger partial charge in [-0.05, 0) is 35.9 Å². The van der Waals surface area contributed by atoms with Crippen molar-refractivity contribution in [2.75, 3.05) is 0 Å². The second-order valence-electron chi connectivity index (χ2n) is 3.92. The fourth-order valence-electron chi connectivity index (χ4n) is 1.95. The van der Waals surface area contributed by atoms with E-state index in [0.29, 0.717) is 10.8 Å². The number of nitriles is 1. The molecule has 4 nitrogen and oxygen atoms in total. The lowest BCUT2D eigenvalue weighted by Gasteiger charge is -1.99. The molecule has 3 rings (SSSR count). The standard InChI is InChI=1S/C13H8ClN3O/c1-17-11-6-8(7-15)2-3-10(11)16-13(17)9-4-5-18-12(9)14/h2-6H,1H3. The molecule has 0 atom stereocenters. The van der Waals surface area contributed by atoms with Gasteiger partial charge in [0.1, 0.15) is 5.82 Å². The molecule has 0 aliphatic rings. The van der Waals surface area contributed by atoms with Crippen molar-refractivity contribution < 1.29 is 4.42 Å². The van der Waals surface area contributed by atoms with E-state index >= 15 is 0 Å². The molecule has 0 amide bonds. The molecule has 0 fully saturated rings. The second kappa shape index (κ2) is 3.90. The van der Waals surface area contributed by atoms with Gasteiger partial charge in [-0.15, -0.1) is 0 Å². The highest BCUT2D eigenvalue weighted by Crippen LogP contribution is 2.30. The van der Waals surface area contributed by atoms with Crippen LogP contribution in [0, 0.1) is 11.3 Å². The number of furan rings is 1. The summed E-state index contributed by atoms with van der Waals surface area (Å²) < 4.78 is 6.97. The number of halogens is 1. The molecule has 0 saturated carbocycles. The van der Waals surface area contributed by atoms with Crippen molar-refractivity contribution >= 4 is 22.6 Å². The maximum Gasteiger partial charge on any atom is 0.203 e. The Hall–Kier alpha value is -2.25. The Morgan fingerprint density at radius 2 is 2.22 bits per heavy atom. The van der Waals surface area contributed by atoms with Gasteiger partial charge in [0, 0.05) is 7.05 Å². The normalized spacial score (nSPS) is 10.7. The summed E-state index contributed by atoms with van der Waals surface area (Å²) in [5, 5.41) is 9.22. The van der Waals surface area contributed by atoms with Crippen LogP contribution >= 0.6 is 11.6 Å². The van der Waals surface area contributed by atoms with E-state index in [1.54, 1.807) is 18.2 Å². The zero-order chi connectivity index (χ0) is 12.7. The largest absolute Gasteiger partial charge is 0.452 e. The van der Waals surface area contributed by atoms with Crippen molar-refractivity contribution in [3.05, 3.63) is 41.3 Å². The number of aromatic nitrogens is 2. The molecule has 2 heterocycles. The summed E-state index contributed by atoms with van der Waals surface area (Å²) in [6.07, 6.45) is 1.53. The minimum Gasteiger partial charge on any atom is -0.452 e. The quantitative estimate of drug-likeness (QED) is 0.672. The smallest absolute Gasteiger partial charge is 0.203 e. The van der Waals surface area contributed by atoms with E-state index in [1.165, 1.54) is 6.26 Å². The minimum absolute atomic E-state index is 0.314. The highest BCUT2D eigenvalue weighted by atomic mass is 35.5. The van der Waals surface area contributed by atoms with E-state index in [-0.39, 0.29) is 0 Å². The topological polar surface area (TPSA) is 54.8 Å². The number of hydrogen-bond donors (Lipinski definition) is 0. The van der Waals surface area contributed by atoms with Crippen LogP contribution in [0.2, 0.25) is 5.22 Å². The Morgan fingerprint density at radius 1 is 1.39 bits per heavy atom. The molecular formula is C13H8ClN3O. The highest BCUT2D eigenvalue weighted by Gasteiger charge is 2.14. The summed E-state index contributed by atoms with van der Waals surface area (Å²) in [7, 11) is 1.88. The number of fused-ring (bicyclic) bond motifs is 1. The van der Waals surface area contributed by atoms with Crippen molar-refractivity contribution in [1.29, 1.82) is 5.26 Å². The van der Waals surface area contributed by atoms with Crippen LogP contribution < -0.4 is 0 Å². The third-order valence-corrected chi connectivity index (χ3v) is 3.16. The van der Waals surface area contributed by atoms with E-state index in [9.17, 15) is 0 Å². The highest BCUT2D eigenvalue weighted by molar-refractivity contribution is 6.31. The number of benzene rings is 1. The van der Waals surface area contributed by atoms with Crippen LogP contribution in [0.25, 0.3) is 22.4 Å². The average molecular weight is 258 g/mol. The minimum atomic E-state index is 0.314. The Labute approximate surface area is 108 Å². The molecular weight excluding hydrogens is 250 g/mol. The molecule has 0 aliphatic carbocycles. The number of nitrogens with zero attached hydrogens (tertiary/aromatic N) is 3. The van der Waals surface area contributed by atoms with Crippen LogP contribution in [0.3, 0.4) is 0 Å². The summed E-state index contributed by atoms with van der Waals surface area (Å²) in [6, 6.07) is 9.26. The first kappa shape index (κ1) is 10.9. The van der Waals surface area contributed by atoms with Crippen LogP contribution in [0.15, 0.2) is 34.9 Å². The Morgan fingerprint density at radius 3 is 2.89 bits per heavy atom. The van der Waals surface area contributed by atoms with Crippen molar-refractivity contribution in [3.8, 4) is 17.5 Å². The molecule has 0 N–H and O–H groups in total. The Bertz CT molecular complexity index is 779. The fraction of sp³-hybridized carbons (Fsp3) is 0.0769. The van der Waals surface area contributed by atoms with Gasteiger partial charge >= 0.3 is 0 Å². The maximum absolute atomic E-state index is 8.91. The summed E-state index contributed by atoms with van der Waals surface area (Å²) in [4.78, 5) is 4.50. The molecule has 0 aliphatic heterocycles. The van der Waals surface area contributed by atoms with E-state index in [1.807, 2.05) is 17.7 Å². The van der Waals surface area contributed by atoms with Crippen molar-refractivity contribution in [3.63, 3.8) is 0 Å². The first-order valence-electron chi connectivity index (χ1n) is 5.30. The van der Waals surface area contributed by atoms with Gasteiger partial charge < -0.3 is 8.98 Å². The van der Waals surface area contributed by atoms with Crippen LogP contribution in [0.5, 0.6) is 0 Å². The number of aryl methyl sites for hydroxylation is 1. The lowest BCUT2D eigenvalue weighted by molar-refractivity contribution is 0.570. The predicted octanol–water partition coefficient (Wildman–Crippen LogP) is 3.36. The third kappa shape index (κ3) is 1.49. The zero-order valence-corrected chi connectivity index (χ0v) is 10.3. The first-order chi connectivity index (χ1) is 8.70. The van der Waals surface area contributed by atoms with Gasteiger partial charge in [0.15, 0.2) is 0 Å². The third-order valence-electron chi connectivity index (χ3n) is 2.87. The van der Waals surface area contributed by atoms with Crippen LogP contribution in [0.4, 0.5) is 0 Å². The summed E-state index contributed by atoms with van der Waals surface area (Å²) >= 11 is 5.96. The van der Waals surface area contributed by atoms with Gasteiger partial charge in [0.2, 0.25) is 5.22 Å². The first-order valence-corrected chi connectivity index (χ1v) is 5.68. The van der Waals surface area contributed by atoms with E-state index in [0.717, 1.165) is 22.4 Å². The lowest BCUT2D eigenvalue weighted by atomic mass is 10.2. The summed E-state index contributed by atoms with van der Waals surface area (Å²) in [5.41, 5.74) is 3.06. The van der Waals surface area contributed by atoms with E-state index in [2.05, 4.69) is 11.1 Å². The lowest BCUT2D eigenvalue weighted by Crippen LogP contribution is -1.91. The molecule has 0 unspecified atom stereocenters. The monoisotopic (exact) mass is 257 g/mol. The molecule has 88 valence electrons. The maximum atomic E-state index is 8.91.